The van der Waals surface area contributed by atoms with Crippen LogP contribution in [-0.2, 0) is 0 Å². The highest BCUT2D eigenvalue weighted by molar-refractivity contribution is 5.86. The molecular formula is C11H13N3. The molecule has 0 spiro atoms. The number of nitrogens with zero attached hydrogens (tertiary/aromatic N) is 3. The first-order valence-corrected chi connectivity index (χ1v) is 4.62. The van der Waals surface area contributed by atoms with Crippen molar-refractivity contribution in [1.29, 1.82) is 0 Å². The first-order valence-electron chi connectivity index (χ1n) is 4.62. The summed E-state index contributed by atoms with van der Waals surface area (Å²) in [7, 11) is 0. The fourth-order valence-electron chi connectivity index (χ4n) is 1.58. The number of rotatable bonds is 1. The van der Waals surface area contributed by atoms with Crippen molar-refractivity contribution in [2.24, 2.45) is 9.98 Å². The van der Waals surface area contributed by atoms with Crippen LogP contribution in [0.25, 0.3) is 0 Å². The van der Waals surface area contributed by atoms with Gasteiger partial charge in [0.15, 0.2) is 0 Å². The zero-order chi connectivity index (χ0) is 9.97. The van der Waals surface area contributed by atoms with E-state index < -0.39 is 0 Å². The lowest BCUT2D eigenvalue weighted by Crippen LogP contribution is -2.23. The van der Waals surface area contributed by atoms with E-state index in [1.54, 1.807) is 12.7 Å². The maximum atomic E-state index is 4.10. The number of benzene rings is 1. The molecule has 1 aliphatic heterocycles. The fraction of sp³-hybridized carbons (Fsp3) is 0.273. The summed E-state index contributed by atoms with van der Waals surface area (Å²) in [6, 6.07) is 6.44. The van der Waals surface area contributed by atoms with Crippen molar-refractivity contribution in [1.82, 2.24) is 0 Å². The van der Waals surface area contributed by atoms with E-state index in [9.17, 15) is 0 Å². The van der Waals surface area contributed by atoms with Gasteiger partial charge in [0.1, 0.15) is 13.0 Å². The molecular weight excluding hydrogens is 174 g/mol. The van der Waals surface area contributed by atoms with E-state index in [0.29, 0.717) is 6.67 Å². The number of hydrogen-bond donors (Lipinski definition) is 0. The molecule has 0 radical (unpaired) electrons. The second-order valence-electron chi connectivity index (χ2n) is 3.52. The Bertz CT molecular complexity index is 373. The molecule has 0 bridgehead atoms. The number of aryl methyl sites for hydroxylation is 2. The van der Waals surface area contributed by atoms with E-state index in [4.69, 9.17) is 0 Å². The van der Waals surface area contributed by atoms with Crippen LogP contribution in [-0.4, -0.2) is 19.3 Å². The van der Waals surface area contributed by atoms with Gasteiger partial charge in [-0.25, -0.2) is 4.99 Å². The maximum absolute atomic E-state index is 4.10. The second-order valence-corrected chi connectivity index (χ2v) is 3.52. The Hall–Kier alpha value is -1.64. The van der Waals surface area contributed by atoms with Crippen LogP contribution >= 0.6 is 0 Å². The lowest BCUT2D eigenvalue weighted by atomic mass is 10.1. The minimum absolute atomic E-state index is 0.659. The Kier molecular flexibility index (Phi) is 2.31. The highest BCUT2D eigenvalue weighted by Gasteiger charge is 2.05. The third-order valence-corrected chi connectivity index (χ3v) is 2.13. The Morgan fingerprint density at radius 3 is 2.43 bits per heavy atom. The summed E-state index contributed by atoms with van der Waals surface area (Å²) in [5.41, 5.74) is 3.69. The highest BCUT2D eigenvalue weighted by atomic mass is 15.2. The van der Waals surface area contributed by atoms with Gasteiger partial charge in [-0.3, -0.25) is 4.99 Å². The lowest BCUT2D eigenvalue weighted by Gasteiger charge is -2.19. The standard InChI is InChI=1S/C11H13N3/c1-9-3-10(2)5-11(4-9)14-7-12-6-13-8-14/h3-7H,8H2,1-2H3. The molecule has 0 saturated carbocycles. The number of hydrogen-bond acceptors (Lipinski definition) is 3. The molecule has 1 aromatic carbocycles. The summed E-state index contributed by atoms with van der Waals surface area (Å²) in [6.07, 6.45) is 3.39. The summed E-state index contributed by atoms with van der Waals surface area (Å²) in [5, 5.41) is 0. The van der Waals surface area contributed by atoms with Crippen LogP contribution in [0.4, 0.5) is 5.69 Å². The van der Waals surface area contributed by atoms with Crippen LogP contribution in [0.5, 0.6) is 0 Å². The zero-order valence-electron chi connectivity index (χ0n) is 8.44. The molecule has 72 valence electrons. The van der Waals surface area contributed by atoms with E-state index in [2.05, 4.69) is 42.0 Å². The SMILES string of the molecule is Cc1cc(C)cc(N2C=NC=NC2)c1. The fourth-order valence-corrected chi connectivity index (χ4v) is 1.58. The van der Waals surface area contributed by atoms with Crippen LogP contribution in [0.2, 0.25) is 0 Å². The molecule has 1 heterocycles. The molecule has 2 rings (SSSR count). The van der Waals surface area contributed by atoms with Crippen molar-refractivity contribution in [2.75, 3.05) is 11.6 Å². The second kappa shape index (κ2) is 3.62. The summed E-state index contributed by atoms with van der Waals surface area (Å²) in [4.78, 5) is 10.1. The van der Waals surface area contributed by atoms with Gasteiger partial charge in [0.2, 0.25) is 0 Å². The lowest BCUT2D eigenvalue weighted by molar-refractivity contribution is 1.01. The minimum atomic E-state index is 0.659. The molecule has 3 nitrogen and oxygen atoms in total. The van der Waals surface area contributed by atoms with Gasteiger partial charge in [-0.05, 0) is 37.1 Å². The molecule has 0 saturated heterocycles. The Balaban J connectivity index is 2.32. The Morgan fingerprint density at radius 2 is 1.86 bits per heavy atom. The molecule has 3 heteroatoms. The van der Waals surface area contributed by atoms with Crippen LogP contribution in [0, 0.1) is 13.8 Å². The summed E-state index contributed by atoms with van der Waals surface area (Å²) in [5.74, 6) is 0. The van der Waals surface area contributed by atoms with Gasteiger partial charge in [0.25, 0.3) is 0 Å². The Morgan fingerprint density at radius 1 is 1.14 bits per heavy atom. The molecule has 0 fully saturated rings. The molecule has 0 N–H and O–H groups in total. The normalized spacial score (nSPS) is 14.9. The average molecular weight is 187 g/mol. The highest BCUT2D eigenvalue weighted by Crippen LogP contribution is 2.18. The molecule has 14 heavy (non-hydrogen) atoms. The van der Waals surface area contributed by atoms with E-state index in [1.807, 2.05) is 4.90 Å². The van der Waals surface area contributed by atoms with Crippen molar-refractivity contribution < 1.29 is 0 Å². The van der Waals surface area contributed by atoms with Crippen LogP contribution in [0.15, 0.2) is 28.2 Å². The van der Waals surface area contributed by atoms with Crippen molar-refractivity contribution in [3.05, 3.63) is 29.3 Å². The average Bonchev–Trinajstić information content (AvgIpc) is 2.18. The third-order valence-electron chi connectivity index (χ3n) is 2.13. The molecule has 0 unspecified atom stereocenters. The third kappa shape index (κ3) is 1.82. The van der Waals surface area contributed by atoms with E-state index in [0.717, 1.165) is 5.69 Å². The van der Waals surface area contributed by atoms with Gasteiger partial charge in [-0.15, -0.1) is 0 Å². The monoisotopic (exact) mass is 187 g/mol. The van der Waals surface area contributed by atoms with Crippen molar-refractivity contribution in [2.45, 2.75) is 13.8 Å². The van der Waals surface area contributed by atoms with Gasteiger partial charge in [-0.1, -0.05) is 6.07 Å². The molecule has 1 aromatic rings. The number of anilines is 1. The van der Waals surface area contributed by atoms with E-state index in [1.165, 1.54) is 11.1 Å². The summed E-state index contributed by atoms with van der Waals surface area (Å²) in [6.45, 7) is 4.86. The molecule has 0 amide bonds. The first-order chi connectivity index (χ1) is 6.75. The topological polar surface area (TPSA) is 28.0 Å². The molecule has 0 aliphatic carbocycles. The summed E-state index contributed by atoms with van der Waals surface area (Å²) < 4.78 is 0. The van der Waals surface area contributed by atoms with Crippen LogP contribution in [0.1, 0.15) is 11.1 Å². The van der Waals surface area contributed by atoms with Gasteiger partial charge in [0.05, 0.1) is 6.34 Å². The Labute approximate surface area is 83.8 Å². The first kappa shape index (κ1) is 8.94. The van der Waals surface area contributed by atoms with E-state index >= 15 is 0 Å². The summed E-state index contributed by atoms with van der Waals surface area (Å²) >= 11 is 0. The largest absolute Gasteiger partial charge is 0.312 e. The molecule has 1 aliphatic rings. The minimum Gasteiger partial charge on any atom is -0.312 e. The van der Waals surface area contributed by atoms with Crippen LogP contribution < -0.4 is 4.90 Å². The quantitative estimate of drug-likeness (QED) is 0.662. The van der Waals surface area contributed by atoms with Gasteiger partial charge in [-0.2, -0.15) is 0 Å². The van der Waals surface area contributed by atoms with Crippen molar-refractivity contribution in [3.8, 4) is 0 Å². The van der Waals surface area contributed by atoms with Gasteiger partial charge >= 0.3 is 0 Å². The van der Waals surface area contributed by atoms with Crippen molar-refractivity contribution >= 4 is 18.4 Å². The molecule has 0 atom stereocenters. The smallest absolute Gasteiger partial charge is 0.117 e. The van der Waals surface area contributed by atoms with E-state index in [-0.39, 0.29) is 0 Å². The molecule has 0 aromatic heterocycles. The number of aliphatic imine (C=N–C) groups is 2. The predicted octanol–water partition coefficient (Wildman–Crippen LogP) is 2.14. The predicted molar refractivity (Wildman–Crippen MR) is 60.2 cm³/mol. The van der Waals surface area contributed by atoms with Gasteiger partial charge < -0.3 is 4.90 Å². The van der Waals surface area contributed by atoms with Crippen LogP contribution in [0.3, 0.4) is 0 Å². The zero-order valence-corrected chi connectivity index (χ0v) is 8.44. The van der Waals surface area contributed by atoms with Crippen molar-refractivity contribution in [3.63, 3.8) is 0 Å². The maximum Gasteiger partial charge on any atom is 0.117 e. The van der Waals surface area contributed by atoms with Gasteiger partial charge in [0, 0.05) is 5.69 Å².